The van der Waals surface area contributed by atoms with Crippen LogP contribution in [0.15, 0.2) is 0 Å². The summed E-state index contributed by atoms with van der Waals surface area (Å²) in [5, 5.41) is -0.469. The zero-order valence-electron chi connectivity index (χ0n) is 10.4. The molecule has 100 valence electrons. The first-order valence-electron chi connectivity index (χ1n) is 5.34. The van der Waals surface area contributed by atoms with Gasteiger partial charge in [0, 0.05) is 0 Å². The summed E-state index contributed by atoms with van der Waals surface area (Å²) in [5.41, 5.74) is 0. The average molecular weight is 298 g/mol. The number of rotatable bonds is 8. The van der Waals surface area contributed by atoms with Crippen LogP contribution in [0.1, 0.15) is 27.7 Å². The predicted molar refractivity (Wildman–Crippen MR) is 75.0 cm³/mol. The summed E-state index contributed by atoms with van der Waals surface area (Å²) in [7, 11) is 4.18. The largest absolute Gasteiger partial charge is 0.465 e. The summed E-state index contributed by atoms with van der Waals surface area (Å²) in [6.45, 7) is 7.90. The fourth-order valence-electron chi connectivity index (χ4n) is 0.738. The molecule has 0 aliphatic carbocycles. The van der Waals surface area contributed by atoms with E-state index in [4.69, 9.17) is 9.47 Å². The van der Waals surface area contributed by atoms with Gasteiger partial charge in [-0.15, -0.1) is 0 Å². The summed E-state index contributed by atoms with van der Waals surface area (Å²) in [6.07, 6.45) is 0. The number of carbonyl (C=O) groups is 2. The van der Waals surface area contributed by atoms with E-state index >= 15 is 0 Å². The third kappa shape index (κ3) is 7.83. The number of hydrogen-bond donors (Lipinski definition) is 0. The van der Waals surface area contributed by atoms with Gasteiger partial charge in [0.1, 0.15) is 10.5 Å². The van der Waals surface area contributed by atoms with Crippen LogP contribution in [0.2, 0.25) is 0 Å². The van der Waals surface area contributed by atoms with Crippen molar-refractivity contribution in [1.29, 1.82) is 0 Å². The number of hydrogen-bond acceptors (Lipinski definition) is 7. The molecule has 0 aromatic carbocycles. The molecule has 0 saturated heterocycles. The normalized spacial score (nSPS) is 13.9. The monoisotopic (exact) mass is 298 g/mol. The van der Waals surface area contributed by atoms with Crippen LogP contribution >= 0.6 is 31.4 Å². The van der Waals surface area contributed by atoms with Crippen molar-refractivity contribution in [2.75, 3.05) is 13.2 Å². The van der Waals surface area contributed by atoms with E-state index in [0.717, 1.165) is 0 Å². The topological polar surface area (TPSA) is 52.6 Å². The summed E-state index contributed by atoms with van der Waals surface area (Å²) in [4.78, 5) is 22.6. The second kappa shape index (κ2) is 9.96. The lowest BCUT2D eigenvalue weighted by atomic mass is 10.5. The fourth-order valence-corrected chi connectivity index (χ4v) is 5.16. The lowest BCUT2D eigenvalue weighted by Gasteiger charge is -2.11. The fraction of sp³-hybridized carbons (Fsp3) is 0.800. The van der Waals surface area contributed by atoms with E-state index in [2.05, 4.69) is 0 Å². The maximum absolute atomic E-state index is 11.3. The smallest absolute Gasteiger partial charge is 0.319 e. The lowest BCUT2D eigenvalue weighted by molar-refractivity contribution is -0.142. The molecule has 0 N–H and O–H groups in total. The molecule has 0 rings (SSSR count). The summed E-state index contributed by atoms with van der Waals surface area (Å²) in [6, 6.07) is 0. The van der Waals surface area contributed by atoms with Crippen LogP contribution in [-0.2, 0) is 19.1 Å². The number of carbonyl (C=O) groups excluding carboxylic acids is 2. The van der Waals surface area contributed by atoms with Crippen molar-refractivity contribution in [3.8, 4) is 0 Å². The van der Waals surface area contributed by atoms with Crippen molar-refractivity contribution in [2.24, 2.45) is 0 Å². The Balaban J connectivity index is 3.75. The van der Waals surface area contributed by atoms with Gasteiger partial charge in [-0.1, -0.05) is 21.6 Å². The molecule has 0 heterocycles. The van der Waals surface area contributed by atoms with Gasteiger partial charge in [0.25, 0.3) is 0 Å². The van der Waals surface area contributed by atoms with Crippen LogP contribution in [-0.4, -0.2) is 35.7 Å². The van der Waals surface area contributed by atoms with Crippen molar-refractivity contribution < 1.29 is 19.1 Å². The van der Waals surface area contributed by atoms with E-state index in [1.807, 2.05) is 0 Å². The highest BCUT2D eigenvalue weighted by Gasteiger charge is 2.19. The molecular formula is C10H18O4S3. The second-order valence-electron chi connectivity index (χ2n) is 3.05. The van der Waals surface area contributed by atoms with E-state index in [9.17, 15) is 9.59 Å². The molecule has 2 atom stereocenters. The van der Waals surface area contributed by atoms with Crippen molar-refractivity contribution in [1.82, 2.24) is 0 Å². The first-order chi connectivity index (χ1) is 8.02. The predicted octanol–water partition coefficient (Wildman–Crippen LogP) is 2.92. The first-order valence-corrected chi connectivity index (χ1v) is 8.95. The van der Waals surface area contributed by atoms with Gasteiger partial charge < -0.3 is 9.47 Å². The lowest BCUT2D eigenvalue weighted by Crippen LogP contribution is -2.17. The molecule has 4 nitrogen and oxygen atoms in total. The van der Waals surface area contributed by atoms with E-state index in [-0.39, 0.29) is 22.4 Å². The Bertz CT molecular complexity index is 224. The minimum absolute atomic E-state index is 0.227. The van der Waals surface area contributed by atoms with Crippen molar-refractivity contribution in [3.05, 3.63) is 0 Å². The Labute approximate surface area is 114 Å². The second-order valence-corrected chi connectivity index (χ2v) is 7.77. The summed E-state index contributed by atoms with van der Waals surface area (Å²) < 4.78 is 9.75. The molecule has 2 unspecified atom stereocenters. The minimum atomic E-state index is -0.234. The molecule has 7 heteroatoms. The van der Waals surface area contributed by atoms with Gasteiger partial charge in [0.05, 0.1) is 13.2 Å². The van der Waals surface area contributed by atoms with E-state index in [1.54, 1.807) is 27.7 Å². The van der Waals surface area contributed by atoms with Crippen molar-refractivity contribution >= 4 is 43.4 Å². The molecule has 0 saturated carbocycles. The Morgan fingerprint density at radius 2 is 1.29 bits per heavy atom. The van der Waals surface area contributed by atoms with E-state index in [1.165, 1.54) is 31.4 Å². The maximum atomic E-state index is 11.3. The third-order valence-corrected chi connectivity index (χ3v) is 6.34. The molecule has 0 amide bonds. The maximum Gasteiger partial charge on any atom is 0.319 e. The standard InChI is InChI=1S/C10H18O4S3/c1-5-13-9(11)7(3)15-17-16-8(4)10(12)14-6-2/h7-8H,5-6H2,1-4H3. The van der Waals surface area contributed by atoms with Gasteiger partial charge >= 0.3 is 11.9 Å². The molecule has 0 aromatic heterocycles. The quantitative estimate of drug-likeness (QED) is 0.504. The van der Waals surface area contributed by atoms with Crippen LogP contribution < -0.4 is 0 Å². The zero-order valence-corrected chi connectivity index (χ0v) is 12.9. The van der Waals surface area contributed by atoms with Crippen LogP contribution in [0.25, 0.3) is 0 Å². The Hall–Kier alpha value is -0.0100. The van der Waals surface area contributed by atoms with Gasteiger partial charge in [-0.25, -0.2) is 0 Å². The van der Waals surface area contributed by atoms with Crippen LogP contribution in [0.4, 0.5) is 0 Å². The van der Waals surface area contributed by atoms with E-state index < -0.39 is 0 Å². The first kappa shape index (κ1) is 17.0. The minimum Gasteiger partial charge on any atom is -0.465 e. The summed E-state index contributed by atoms with van der Waals surface area (Å²) >= 11 is 0. The zero-order chi connectivity index (χ0) is 13.3. The molecule has 0 spiro atoms. The van der Waals surface area contributed by atoms with Gasteiger partial charge in [-0.3, -0.25) is 9.59 Å². The molecule has 0 aliphatic rings. The van der Waals surface area contributed by atoms with Crippen LogP contribution in [0.5, 0.6) is 0 Å². The van der Waals surface area contributed by atoms with Gasteiger partial charge in [-0.05, 0) is 37.5 Å². The Morgan fingerprint density at radius 1 is 0.941 bits per heavy atom. The van der Waals surface area contributed by atoms with Crippen molar-refractivity contribution in [3.63, 3.8) is 0 Å². The molecular weight excluding hydrogens is 280 g/mol. The van der Waals surface area contributed by atoms with Crippen molar-refractivity contribution in [2.45, 2.75) is 38.2 Å². The molecule has 0 radical (unpaired) electrons. The summed E-state index contributed by atoms with van der Waals surface area (Å²) in [5.74, 6) is -0.455. The van der Waals surface area contributed by atoms with E-state index in [0.29, 0.717) is 13.2 Å². The van der Waals surface area contributed by atoms with Gasteiger partial charge in [0.15, 0.2) is 0 Å². The SMILES string of the molecule is CCOC(=O)C(C)SSSC(C)C(=O)OCC. The highest BCUT2D eigenvalue weighted by Crippen LogP contribution is 2.40. The Kier molecular flexibility index (Phi) is 9.96. The van der Waals surface area contributed by atoms with Gasteiger partial charge in [0.2, 0.25) is 0 Å². The number of esters is 2. The molecule has 17 heavy (non-hydrogen) atoms. The van der Waals surface area contributed by atoms with Crippen LogP contribution in [0.3, 0.4) is 0 Å². The van der Waals surface area contributed by atoms with Gasteiger partial charge in [-0.2, -0.15) is 0 Å². The molecule has 0 aromatic rings. The molecule has 0 bridgehead atoms. The Morgan fingerprint density at radius 3 is 1.59 bits per heavy atom. The highest BCUT2D eigenvalue weighted by atomic mass is 33.5. The molecule has 0 fully saturated rings. The average Bonchev–Trinajstić information content (AvgIpc) is 2.29. The third-order valence-electron chi connectivity index (χ3n) is 1.60. The molecule has 0 aliphatic heterocycles. The van der Waals surface area contributed by atoms with Crippen LogP contribution in [0, 0.1) is 0 Å². The number of ether oxygens (including phenoxy) is 2. The highest BCUT2D eigenvalue weighted by molar-refractivity contribution is 9.09.